The number of para-hydroxylation sites is 3. The number of benzene rings is 7. The van der Waals surface area contributed by atoms with E-state index in [9.17, 15) is 0 Å². The molecule has 0 aliphatic heterocycles. The first-order valence-electron chi connectivity index (χ1n) is 24.9. The fraction of sp³-hybridized carbons (Fsp3) is 0.254. The third-order valence-corrected chi connectivity index (χ3v) is 16.2. The molecular weight excluding hydrogens is 1030 g/mol. The summed E-state index contributed by atoms with van der Waals surface area (Å²) >= 11 is -2.36. The first kappa shape index (κ1) is 40.0. The van der Waals surface area contributed by atoms with Gasteiger partial charge in [-0.05, 0) is 62.7 Å². The van der Waals surface area contributed by atoms with Crippen molar-refractivity contribution in [2.75, 3.05) is 0 Å². The van der Waals surface area contributed by atoms with Crippen molar-refractivity contribution in [3.8, 4) is 28.3 Å². The van der Waals surface area contributed by atoms with Gasteiger partial charge in [-0.3, -0.25) is 4.98 Å². The molecule has 10 rings (SSSR count). The molecule has 1 radical (unpaired) electrons. The molecule has 0 unspecified atom stereocenters. The minimum absolute atomic E-state index is 0. The molecule has 0 fully saturated rings. The number of aromatic nitrogens is 3. The van der Waals surface area contributed by atoms with E-state index in [2.05, 4.69) is 164 Å². The Morgan fingerprint density at radius 2 is 1.49 bits per heavy atom. The monoisotopic (exact) mass is 1100 g/mol. The Kier molecular flexibility index (Phi) is 11.2. The van der Waals surface area contributed by atoms with Crippen LogP contribution in [0.5, 0.6) is 0 Å². The molecule has 0 aliphatic carbocycles. The zero-order chi connectivity index (χ0) is 49.4. The fourth-order valence-electron chi connectivity index (χ4n) is 8.98. The Hall–Kier alpha value is -5.33. The number of aryl methyl sites for hydroxylation is 1. The van der Waals surface area contributed by atoms with Crippen LogP contribution in [0.2, 0.25) is 17.3 Å². The SMILES string of the molecule is CC(C)c1cccc(C(C)C)c1-n1c(-c2[c-]ccc3c2oc2ccc4c5ccccc5ccc4c23)nc2ccccc21.[2H]C([2H])([2H])c1c[c-]c(-c2cc(C([2H])([2H])C(C)(C)C)[c]([Ge]([CH3])([CH3])[CH3])cn2)cc1.[Ir]. The molecule has 7 aromatic carbocycles. The van der Waals surface area contributed by atoms with Crippen molar-refractivity contribution < 1.29 is 31.4 Å². The largest absolute Gasteiger partial charge is 0 e. The Morgan fingerprint density at radius 3 is 2.18 bits per heavy atom. The average molecular weight is 1100 g/mol. The van der Waals surface area contributed by atoms with Gasteiger partial charge in [0.1, 0.15) is 5.58 Å². The summed E-state index contributed by atoms with van der Waals surface area (Å²) in [4.78, 5) is 9.83. The molecule has 3 heterocycles. The number of furan rings is 1. The van der Waals surface area contributed by atoms with E-state index in [0.717, 1.165) is 48.8 Å². The minimum atomic E-state index is -2.36. The van der Waals surface area contributed by atoms with Gasteiger partial charge >= 0.3 is 145 Å². The van der Waals surface area contributed by atoms with Crippen LogP contribution in [0.4, 0.5) is 0 Å². The van der Waals surface area contributed by atoms with E-state index in [1.54, 1.807) is 12.1 Å². The molecule has 6 heteroatoms. The molecule has 0 saturated carbocycles. The average Bonchev–Trinajstić information content (AvgIpc) is 3.89. The van der Waals surface area contributed by atoms with Crippen molar-refractivity contribution >= 4 is 72.2 Å². The van der Waals surface area contributed by atoms with Crippen LogP contribution in [-0.2, 0) is 26.5 Å². The quantitative estimate of drug-likeness (QED) is 0.0907. The van der Waals surface area contributed by atoms with Gasteiger partial charge < -0.3 is 8.98 Å². The maximum atomic E-state index is 8.80. The zero-order valence-electron chi connectivity index (χ0n) is 43.9. The number of rotatable bonds is 7. The van der Waals surface area contributed by atoms with E-state index in [0.29, 0.717) is 28.7 Å². The van der Waals surface area contributed by atoms with Crippen LogP contribution in [0.15, 0.2) is 138 Å². The molecule has 0 saturated heterocycles. The Balaban J connectivity index is 0.000000205. The first-order chi connectivity index (χ1) is 32.6. The van der Waals surface area contributed by atoms with Crippen molar-refractivity contribution in [3.05, 3.63) is 168 Å². The molecule has 0 N–H and O–H groups in total. The normalized spacial score (nSPS) is 13.7. The molecule has 0 amide bonds. The second-order valence-electron chi connectivity index (χ2n) is 19.6. The summed E-state index contributed by atoms with van der Waals surface area (Å²) in [5, 5.41) is 7.14. The van der Waals surface area contributed by atoms with E-state index in [-0.39, 0.29) is 25.7 Å². The van der Waals surface area contributed by atoms with E-state index in [4.69, 9.17) is 16.3 Å². The van der Waals surface area contributed by atoms with Gasteiger partial charge in [0.25, 0.3) is 0 Å². The molecule has 331 valence electrons. The predicted molar refractivity (Wildman–Crippen MR) is 275 cm³/mol. The van der Waals surface area contributed by atoms with Crippen LogP contribution in [-0.4, -0.2) is 27.8 Å². The molecule has 0 aliphatic rings. The van der Waals surface area contributed by atoms with E-state index < -0.39 is 31.9 Å². The fourth-order valence-corrected chi connectivity index (χ4v) is 11.9. The molecule has 4 nitrogen and oxygen atoms in total. The summed E-state index contributed by atoms with van der Waals surface area (Å²) in [5.41, 5.74) is 10.1. The number of nitrogens with zero attached hydrogens (tertiary/aromatic N) is 3. The summed E-state index contributed by atoms with van der Waals surface area (Å²) in [7, 11) is 0. The van der Waals surface area contributed by atoms with Gasteiger partial charge in [0.05, 0.1) is 22.4 Å². The summed E-state index contributed by atoms with van der Waals surface area (Å²) < 4.78 is 50.2. The van der Waals surface area contributed by atoms with Crippen LogP contribution in [0.3, 0.4) is 0 Å². The summed E-state index contributed by atoms with van der Waals surface area (Å²) in [6, 6.07) is 49.7. The number of hydrogen-bond acceptors (Lipinski definition) is 3. The van der Waals surface area contributed by atoms with Gasteiger partial charge in [-0.1, -0.05) is 111 Å². The second kappa shape index (κ2) is 18.2. The van der Waals surface area contributed by atoms with Gasteiger partial charge in [0, 0.05) is 31.2 Å². The van der Waals surface area contributed by atoms with Crippen molar-refractivity contribution in [2.45, 2.75) is 90.8 Å². The van der Waals surface area contributed by atoms with Crippen molar-refractivity contribution in [1.82, 2.24) is 14.5 Å². The maximum Gasteiger partial charge on any atom is 0 e. The minimum Gasteiger partial charge on any atom is 0 e. The van der Waals surface area contributed by atoms with Gasteiger partial charge in [-0.15, -0.1) is 18.2 Å². The molecule has 65 heavy (non-hydrogen) atoms. The van der Waals surface area contributed by atoms with E-state index >= 15 is 0 Å². The standard InChI is InChI=1S/C39H31N2O.C20H28GeN.Ir/c1-23(2)26-13-9-14-27(24(3)4)37(26)41-34-18-8-7-17-33(34)40-39(41)32-16-10-15-31-36-30-20-19-25-11-5-6-12-28(25)29(30)21-22-35(36)42-38(31)32;1-15-8-10-16(11-9-15)19-12-17(13-20(2,3)4)18(14-22-19)21(5,6)7;/h5-15,17-24H,1-4H3;8-10,12,14H,13H2,1-7H3;/q2*-1;/i;1D3,13D2;. The summed E-state index contributed by atoms with van der Waals surface area (Å²) in [5.74, 6) is 8.24. The smallest absolute Gasteiger partial charge is 0 e. The molecule has 10 aromatic rings. The molecular formula is C59H59GeIrN3O-2. The van der Waals surface area contributed by atoms with Crippen LogP contribution in [0.25, 0.3) is 82.8 Å². The number of pyridine rings is 1. The molecule has 0 spiro atoms. The van der Waals surface area contributed by atoms with Gasteiger partial charge in [0.15, 0.2) is 0 Å². The van der Waals surface area contributed by atoms with Gasteiger partial charge in [-0.25, -0.2) is 0 Å². The van der Waals surface area contributed by atoms with Crippen molar-refractivity contribution in [3.63, 3.8) is 0 Å². The molecule has 0 bridgehead atoms. The Morgan fingerprint density at radius 1 is 0.769 bits per heavy atom. The third kappa shape index (κ3) is 9.00. The number of hydrogen-bond donors (Lipinski definition) is 0. The van der Waals surface area contributed by atoms with Crippen LogP contribution >= 0.6 is 0 Å². The Labute approximate surface area is 408 Å². The number of imidazole rings is 1. The van der Waals surface area contributed by atoms with E-state index in [1.807, 2.05) is 39.1 Å². The summed E-state index contributed by atoms with van der Waals surface area (Å²) in [6.07, 6.45) is 0.303. The van der Waals surface area contributed by atoms with Gasteiger partial charge in [-0.2, -0.15) is 0 Å². The molecule has 3 aromatic heterocycles. The van der Waals surface area contributed by atoms with E-state index in [1.165, 1.54) is 44.4 Å². The molecule has 0 atom stereocenters. The van der Waals surface area contributed by atoms with Crippen molar-refractivity contribution in [1.29, 1.82) is 0 Å². The maximum absolute atomic E-state index is 8.80. The Bertz CT molecular complexity index is 3530. The topological polar surface area (TPSA) is 43.9 Å². The van der Waals surface area contributed by atoms with Crippen LogP contribution in [0, 0.1) is 24.4 Å². The third-order valence-electron chi connectivity index (χ3n) is 12.0. The zero-order valence-corrected chi connectivity index (χ0v) is 43.4. The predicted octanol–water partition coefficient (Wildman–Crippen LogP) is 15.9. The van der Waals surface area contributed by atoms with Gasteiger partial charge in [0.2, 0.25) is 0 Å². The summed E-state index contributed by atoms with van der Waals surface area (Å²) in [6.45, 7) is 12.6. The number of fused-ring (bicyclic) bond motifs is 8. The van der Waals surface area contributed by atoms with Crippen LogP contribution in [0.1, 0.15) is 89.4 Å². The second-order valence-corrected chi connectivity index (χ2v) is 30.2. The van der Waals surface area contributed by atoms with Crippen LogP contribution < -0.4 is 4.40 Å². The van der Waals surface area contributed by atoms with Crippen molar-refractivity contribution in [2.24, 2.45) is 5.41 Å². The first-order valence-corrected chi connectivity index (χ1v) is 29.7.